The molecule has 0 radical (unpaired) electrons. The van der Waals surface area contributed by atoms with E-state index in [2.05, 4.69) is 45.1 Å². The predicted octanol–water partition coefficient (Wildman–Crippen LogP) is 5.50. The summed E-state index contributed by atoms with van der Waals surface area (Å²) in [4.78, 5) is 0. The molecule has 0 heterocycles. The van der Waals surface area contributed by atoms with E-state index in [1.165, 1.54) is 44.1 Å². The Balaban J connectivity index is 0.00000147. The number of hydrogen-bond acceptors (Lipinski definition) is 0. The summed E-state index contributed by atoms with van der Waals surface area (Å²) in [5, 5.41) is 0. The van der Waals surface area contributed by atoms with Crippen molar-refractivity contribution in [3.05, 3.63) is 40.5 Å². The molecule has 0 aromatic heterocycles. The third-order valence-electron chi connectivity index (χ3n) is 4.77. The zero-order valence-electron chi connectivity index (χ0n) is 13.1. The van der Waals surface area contributed by atoms with Crippen molar-refractivity contribution in [1.82, 2.24) is 0 Å². The van der Waals surface area contributed by atoms with Gasteiger partial charge in [-0.25, -0.2) is 0 Å². The maximum atomic E-state index is 2.52. The van der Waals surface area contributed by atoms with Crippen LogP contribution in [0.1, 0.15) is 74.6 Å². The standard InChI is InChI=1S/C19H26.Hf/c1-4-5-6-7-14-8-9-15-10-16-12-19(2,3)13-17(16)11-18(14)15;/h8-11,14H,4-7,12-13H2,1-3H3;. The molecule has 20 heavy (non-hydrogen) atoms. The Labute approximate surface area is 142 Å². The van der Waals surface area contributed by atoms with Crippen molar-refractivity contribution in [2.75, 3.05) is 0 Å². The minimum absolute atomic E-state index is 0. The summed E-state index contributed by atoms with van der Waals surface area (Å²) in [6.07, 6.45) is 12.7. The molecule has 0 saturated carbocycles. The van der Waals surface area contributed by atoms with Gasteiger partial charge in [-0.1, -0.05) is 64.3 Å². The topological polar surface area (TPSA) is 0 Å². The third-order valence-corrected chi connectivity index (χ3v) is 4.77. The number of benzene rings is 1. The molecule has 1 atom stereocenters. The molecule has 2 aliphatic carbocycles. The summed E-state index contributed by atoms with van der Waals surface area (Å²) < 4.78 is 0. The average molecular weight is 433 g/mol. The molecule has 0 fully saturated rings. The van der Waals surface area contributed by atoms with Gasteiger partial charge in [-0.2, -0.15) is 0 Å². The molecule has 0 saturated heterocycles. The summed E-state index contributed by atoms with van der Waals surface area (Å²) >= 11 is 0. The van der Waals surface area contributed by atoms with E-state index < -0.39 is 0 Å². The summed E-state index contributed by atoms with van der Waals surface area (Å²) in [7, 11) is 0. The van der Waals surface area contributed by atoms with Crippen LogP contribution in [0.5, 0.6) is 0 Å². The fourth-order valence-electron chi connectivity index (χ4n) is 3.81. The summed E-state index contributed by atoms with van der Waals surface area (Å²) in [5.74, 6) is 0.690. The zero-order valence-corrected chi connectivity index (χ0v) is 16.7. The number of hydrogen-bond donors (Lipinski definition) is 0. The summed E-state index contributed by atoms with van der Waals surface area (Å²) in [5.41, 5.74) is 6.79. The Hall–Kier alpha value is -0.170. The zero-order chi connectivity index (χ0) is 13.5. The van der Waals surface area contributed by atoms with Crippen LogP contribution in [0.4, 0.5) is 0 Å². The molecule has 1 aromatic carbocycles. The van der Waals surface area contributed by atoms with Crippen LogP contribution in [0.15, 0.2) is 18.2 Å². The van der Waals surface area contributed by atoms with Crippen molar-refractivity contribution < 1.29 is 25.8 Å². The monoisotopic (exact) mass is 434 g/mol. The van der Waals surface area contributed by atoms with Gasteiger partial charge in [0.25, 0.3) is 0 Å². The normalized spacial score (nSPS) is 21.4. The van der Waals surface area contributed by atoms with Crippen LogP contribution >= 0.6 is 0 Å². The van der Waals surface area contributed by atoms with E-state index in [9.17, 15) is 0 Å². The Morgan fingerprint density at radius 3 is 2.50 bits per heavy atom. The minimum atomic E-state index is 0. The largest absolute Gasteiger partial charge is 0.0764 e. The predicted molar refractivity (Wildman–Crippen MR) is 83.5 cm³/mol. The Kier molecular flexibility index (Phi) is 5.10. The quantitative estimate of drug-likeness (QED) is 0.435. The molecular weight excluding hydrogens is 407 g/mol. The number of rotatable bonds is 4. The van der Waals surface area contributed by atoms with Crippen molar-refractivity contribution >= 4 is 6.08 Å². The van der Waals surface area contributed by atoms with Gasteiger partial charge in [0.15, 0.2) is 0 Å². The molecule has 0 aliphatic heterocycles. The molecule has 3 rings (SSSR count). The van der Waals surface area contributed by atoms with E-state index >= 15 is 0 Å². The number of fused-ring (bicyclic) bond motifs is 2. The molecule has 0 nitrogen and oxygen atoms in total. The molecule has 0 amide bonds. The maximum absolute atomic E-state index is 2.52. The van der Waals surface area contributed by atoms with Crippen LogP contribution in [-0.2, 0) is 38.7 Å². The second-order valence-electron chi connectivity index (χ2n) is 7.23. The van der Waals surface area contributed by atoms with Gasteiger partial charge in [0.05, 0.1) is 0 Å². The number of allylic oxidation sites excluding steroid dienone is 1. The van der Waals surface area contributed by atoms with Crippen LogP contribution in [0.25, 0.3) is 6.08 Å². The molecular formula is C19H26Hf. The molecule has 1 aromatic rings. The average Bonchev–Trinajstić information content (AvgIpc) is 2.85. The maximum Gasteiger partial charge on any atom is 0.00273 e. The molecule has 0 bridgehead atoms. The van der Waals surface area contributed by atoms with E-state index in [1.54, 1.807) is 16.7 Å². The van der Waals surface area contributed by atoms with Gasteiger partial charge >= 0.3 is 0 Å². The van der Waals surface area contributed by atoms with Crippen LogP contribution in [-0.4, -0.2) is 0 Å². The van der Waals surface area contributed by atoms with Crippen molar-refractivity contribution in [3.8, 4) is 0 Å². The molecule has 1 unspecified atom stereocenters. The Morgan fingerprint density at radius 2 is 1.80 bits per heavy atom. The van der Waals surface area contributed by atoms with Gasteiger partial charge in [-0.3, -0.25) is 0 Å². The van der Waals surface area contributed by atoms with E-state index in [1.807, 2.05) is 0 Å². The van der Waals surface area contributed by atoms with Gasteiger partial charge in [0.1, 0.15) is 0 Å². The van der Waals surface area contributed by atoms with Gasteiger partial charge in [-0.15, -0.1) is 0 Å². The van der Waals surface area contributed by atoms with Gasteiger partial charge in [0.2, 0.25) is 0 Å². The first-order valence-corrected chi connectivity index (χ1v) is 7.93. The molecule has 106 valence electrons. The summed E-state index contributed by atoms with van der Waals surface area (Å²) in [6, 6.07) is 4.99. The Morgan fingerprint density at radius 1 is 1.10 bits per heavy atom. The molecule has 2 aliphatic rings. The fourth-order valence-corrected chi connectivity index (χ4v) is 3.81. The first-order valence-electron chi connectivity index (χ1n) is 7.93. The second-order valence-corrected chi connectivity index (χ2v) is 7.23. The fraction of sp³-hybridized carbons (Fsp3) is 0.579. The molecule has 1 heteroatoms. The molecule has 0 N–H and O–H groups in total. The molecule has 0 spiro atoms. The Bertz CT molecular complexity index is 511. The summed E-state index contributed by atoms with van der Waals surface area (Å²) in [6.45, 7) is 7.08. The van der Waals surface area contributed by atoms with E-state index in [0.717, 1.165) is 0 Å². The van der Waals surface area contributed by atoms with Crippen molar-refractivity contribution in [2.24, 2.45) is 5.41 Å². The van der Waals surface area contributed by atoms with Crippen LogP contribution in [0.2, 0.25) is 0 Å². The van der Waals surface area contributed by atoms with Gasteiger partial charge in [0, 0.05) is 31.8 Å². The van der Waals surface area contributed by atoms with Crippen molar-refractivity contribution in [1.29, 1.82) is 0 Å². The first kappa shape index (κ1) is 16.2. The first-order chi connectivity index (χ1) is 9.09. The third kappa shape index (κ3) is 3.18. The van der Waals surface area contributed by atoms with E-state index in [0.29, 0.717) is 11.3 Å². The van der Waals surface area contributed by atoms with Gasteiger partial charge < -0.3 is 0 Å². The van der Waals surface area contributed by atoms with Crippen molar-refractivity contribution in [3.63, 3.8) is 0 Å². The van der Waals surface area contributed by atoms with E-state index in [-0.39, 0.29) is 25.8 Å². The second kappa shape index (κ2) is 6.30. The van der Waals surface area contributed by atoms with Gasteiger partial charge in [-0.05, 0) is 46.9 Å². The SMILES string of the molecule is CCCCCC1C=Cc2cc3c(cc21)CC(C)(C)C3.[Hf]. The van der Waals surface area contributed by atoms with Crippen LogP contribution in [0, 0.1) is 5.41 Å². The van der Waals surface area contributed by atoms with E-state index in [4.69, 9.17) is 0 Å². The van der Waals surface area contributed by atoms with Crippen LogP contribution < -0.4 is 0 Å². The van der Waals surface area contributed by atoms with Crippen molar-refractivity contribution in [2.45, 2.75) is 65.2 Å². The van der Waals surface area contributed by atoms with Crippen LogP contribution in [0.3, 0.4) is 0 Å². The number of unbranched alkanes of at least 4 members (excludes halogenated alkanes) is 2. The smallest absolute Gasteiger partial charge is 0.00273 e. The minimum Gasteiger partial charge on any atom is -0.0764 e.